The molecule has 0 aliphatic heterocycles. The van der Waals surface area contributed by atoms with Gasteiger partial charge in [-0.1, -0.05) is 24.3 Å². The van der Waals surface area contributed by atoms with Crippen LogP contribution in [-0.2, 0) is 17.6 Å². The van der Waals surface area contributed by atoms with E-state index in [0.29, 0.717) is 12.8 Å². The fourth-order valence-electron chi connectivity index (χ4n) is 2.95. The first kappa shape index (κ1) is 15.6. The van der Waals surface area contributed by atoms with Crippen molar-refractivity contribution in [3.63, 3.8) is 0 Å². The van der Waals surface area contributed by atoms with E-state index in [1.54, 1.807) is 23.7 Å². The first-order valence-electron chi connectivity index (χ1n) is 7.97. The Hall–Kier alpha value is -2.92. The molecule has 122 valence electrons. The summed E-state index contributed by atoms with van der Waals surface area (Å²) in [6.45, 7) is 0. The van der Waals surface area contributed by atoms with Gasteiger partial charge in [0.05, 0.1) is 15.9 Å². The lowest BCUT2D eigenvalue weighted by Gasteiger charge is -2.11. The van der Waals surface area contributed by atoms with Crippen LogP contribution in [0.1, 0.15) is 11.1 Å². The number of ketones is 1. The molecule has 5 heteroatoms. The number of benzene rings is 1. The van der Waals surface area contributed by atoms with Gasteiger partial charge in [0.1, 0.15) is 5.78 Å². The van der Waals surface area contributed by atoms with Crippen molar-refractivity contribution < 1.29 is 4.79 Å². The second kappa shape index (κ2) is 6.91. The number of thiazole rings is 1. The number of nitrogens with zero attached hydrogens (tertiary/aromatic N) is 3. The summed E-state index contributed by atoms with van der Waals surface area (Å²) < 4.78 is 0. The van der Waals surface area contributed by atoms with Crippen molar-refractivity contribution in [3.8, 4) is 10.4 Å². The number of pyridine rings is 2. The van der Waals surface area contributed by atoms with E-state index in [1.807, 2.05) is 54.3 Å². The maximum atomic E-state index is 12.6. The average molecular weight is 345 g/mol. The van der Waals surface area contributed by atoms with Crippen molar-refractivity contribution in [1.29, 1.82) is 0 Å². The molecule has 4 rings (SSSR count). The number of aromatic nitrogens is 3. The number of rotatable bonds is 5. The van der Waals surface area contributed by atoms with E-state index >= 15 is 0 Å². The van der Waals surface area contributed by atoms with Gasteiger partial charge >= 0.3 is 0 Å². The Kier molecular flexibility index (Phi) is 4.31. The van der Waals surface area contributed by atoms with Gasteiger partial charge in [0, 0.05) is 48.6 Å². The van der Waals surface area contributed by atoms with Crippen LogP contribution in [0.25, 0.3) is 21.3 Å². The number of para-hydroxylation sites is 1. The third-order valence-corrected chi connectivity index (χ3v) is 4.83. The average Bonchev–Trinajstić information content (AvgIpc) is 3.16. The first-order chi connectivity index (χ1) is 12.3. The molecule has 3 aromatic heterocycles. The van der Waals surface area contributed by atoms with E-state index < -0.39 is 0 Å². The van der Waals surface area contributed by atoms with Gasteiger partial charge in [-0.05, 0) is 23.3 Å². The molecule has 0 radical (unpaired) electrons. The maximum Gasteiger partial charge on any atom is 0.141 e. The second-order valence-electron chi connectivity index (χ2n) is 5.79. The topological polar surface area (TPSA) is 55.7 Å². The standard InChI is InChI=1S/C20H15N3OS/c24-16(8-14-4-3-7-21-10-14)9-15-11-23-18-6-2-1-5-17(18)20(15)19-12-22-13-25-19/h1-7,10-13H,8-9H2. The summed E-state index contributed by atoms with van der Waals surface area (Å²) in [7, 11) is 0. The monoisotopic (exact) mass is 345 g/mol. The lowest BCUT2D eigenvalue weighted by molar-refractivity contribution is -0.117. The van der Waals surface area contributed by atoms with Crippen LogP contribution < -0.4 is 0 Å². The normalized spacial score (nSPS) is 10.9. The fraction of sp³-hybridized carbons (Fsp3) is 0.100. The van der Waals surface area contributed by atoms with Crippen molar-refractivity contribution in [1.82, 2.24) is 15.0 Å². The molecule has 4 nitrogen and oxygen atoms in total. The Labute approximate surface area is 149 Å². The molecule has 0 fully saturated rings. The molecule has 0 spiro atoms. The molecule has 0 aliphatic carbocycles. The van der Waals surface area contributed by atoms with E-state index in [4.69, 9.17) is 0 Å². The molecule has 0 bridgehead atoms. The van der Waals surface area contributed by atoms with Crippen LogP contribution >= 0.6 is 11.3 Å². The zero-order valence-corrected chi connectivity index (χ0v) is 14.2. The van der Waals surface area contributed by atoms with Crippen LogP contribution in [-0.4, -0.2) is 20.7 Å². The SMILES string of the molecule is O=C(Cc1cccnc1)Cc1cnc2ccccc2c1-c1cncs1. The predicted molar refractivity (Wildman–Crippen MR) is 99.5 cm³/mol. The quantitative estimate of drug-likeness (QED) is 0.546. The van der Waals surface area contributed by atoms with Crippen LogP contribution in [0.2, 0.25) is 0 Å². The Morgan fingerprint density at radius 1 is 0.960 bits per heavy atom. The first-order valence-corrected chi connectivity index (χ1v) is 8.85. The van der Waals surface area contributed by atoms with Crippen LogP contribution in [0.4, 0.5) is 0 Å². The van der Waals surface area contributed by atoms with Crippen molar-refractivity contribution in [2.45, 2.75) is 12.8 Å². The van der Waals surface area contributed by atoms with Crippen molar-refractivity contribution in [2.24, 2.45) is 0 Å². The third-order valence-electron chi connectivity index (χ3n) is 4.04. The summed E-state index contributed by atoms with van der Waals surface area (Å²) in [5.74, 6) is 0.149. The highest BCUT2D eigenvalue weighted by atomic mass is 32.1. The molecule has 0 N–H and O–H groups in total. The van der Waals surface area contributed by atoms with Crippen LogP contribution in [0.5, 0.6) is 0 Å². The maximum absolute atomic E-state index is 12.6. The fourth-order valence-corrected chi connectivity index (χ4v) is 3.67. The summed E-state index contributed by atoms with van der Waals surface area (Å²) >= 11 is 1.58. The molecule has 0 unspecified atom stereocenters. The van der Waals surface area contributed by atoms with E-state index in [2.05, 4.69) is 15.0 Å². The number of hydrogen-bond donors (Lipinski definition) is 0. The minimum atomic E-state index is 0.149. The number of hydrogen-bond acceptors (Lipinski definition) is 5. The minimum absolute atomic E-state index is 0.149. The highest BCUT2D eigenvalue weighted by Gasteiger charge is 2.15. The molecule has 4 aromatic rings. The molecule has 25 heavy (non-hydrogen) atoms. The van der Waals surface area contributed by atoms with E-state index in [9.17, 15) is 4.79 Å². The zero-order valence-electron chi connectivity index (χ0n) is 13.4. The van der Waals surface area contributed by atoms with Gasteiger partial charge in [0.2, 0.25) is 0 Å². The van der Waals surface area contributed by atoms with Gasteiger partial charge in [0.15, 0.2) is 0 Å². The van der Waals surface area contributed by atoms with Gasteiger partial charge < -0.3 is 0 Å². The summed E-state index contributed by atoms with van der Waals surface area (Å²) in [5, 5.41) is 1.05. The van der Waals surface area contributed by atoms with Crippen LogP contribution in [0, 0.1) is 0 Å². The van der Waals surface area contributed by atoms with Crippen LogP contribution in [0.3, 0.4) is 0 Å². The van der Waals surface area contributed by atoms with E-state index in [1.165, 1.54) is 0 Å². The number of carbonyl (C=O) groups excluding carboxylic acids is 1. The zero-order chi connectivity index (χ0) is 17.1. The van der Waals surface area contributed by atoms with Gasteiger partial charge in [-0.3, -0.25) is 19.7 Å². The van der Waals surface area contributed by atoms with Crippen molar-refractivity contribution >= 4 is 28.0 Å². The van der Waals surface area contributed by atoms with Gasteiger partial charge in [0.25, 0.3) is 0 Å². The highest BCUT2D eigenvalue weighted by molar-refractivity contribution is 7.13. The van der Waals surface area contributed by atoms with Gasteiger partial charge in [-0.2, -0.15) is 0 Å². The molecule has 0 saturated heterocycles. The molecular formula is C20H15N3OS. The predicted octanol–water partition coefficient (Wildman–Crippen LogP) is 4.11. The lowest BCUT2D eigenvalue weighted by atomic mass is 9.97. The smallest absolute Gasteiger partial charge is 0.141 e. The van der Waals surface area contributed by atoms with Crippen molar-refractivity contribution in [2.75, 3.05) is 0 Å². The van der Waals surface area contributed by atoms with Gasteiger partial charge in [-0.25, -0.2) is 0 Å². The highest BCUT2D eigenvalue weighted by Crippen LogP contribution is 2.33. The molecule has 0 aliphatic rings. The summed E-state index contributed by atoms with van der Waals surface area (Å²) in [6.07, 6.45) is 7.84. The Morgan fingerprint density at radius 2 is 1.88 bits per heavy atom. The summed E-state index contributed by atoms with van der Waals surface area (Å²) in [5.41, 5.74) is 5.67. The summed E-state index contributed by atoms with van der Waals surface area (Å²) in [4.78, 5) is 26.4. The second-order valence-corrected chi connectivity index (χ2v) is 6.68. The number of Topliss-reactive ketones (excluding diaryl/α,β-unsaturated/α-hetero) is 1. The lowest BCUT2D eigenvalue weighted by Crippen LogP contribution is -2.08. The Balaban J connectivity index is 1.72. The van der Waals surface area contributed by atoms with Gasteiger partial charge in [-0.15, -0.1) is 11.3 Å². The van der Waals surface area contributed by atoms with Crippen LogP contribution in [0.15, 0.2) is 66.7 Å². The Morgan fingerprint density at radius 3 is 2.68 bits per heavy atom. The third kappa shape index (κ3) is 3.32. The molecule has 1 aromatic carbocycles. The minimum Gasteiger partial charge on any atom is -0.299 e. The summed E-state index contributed by atoms with van der Waals surface area (Å²) in [6, 6.07) is 11.8. The Bertz CT molecular complexity index is 1010. The molecular weight excluding hydrogens is 330 g/mol. The number of carbonyl (C=O) groups is 1. The van der Waals surface area contributed by atoms with Crippen molar-refractivity contribution in [3.05, 3.63) is 77.8 Å². The molecule has 0 amide bonds. The molecule has 3 heterocycles. The number of fused-ring (bicyclic) bond motifs is 1. The largest absolute Gasteiger partial charge is 0.299 e. The molecule has 0 saturated carbocycles. The van der Waals surface area contributed by atoms with E-state index in [0.717, 1.165) is 32.5 Å². The molecule has 0 atom stereocenters. The van der Waals surface area contributed by atoms with E-state index in [-0.39, 0.29) is 5.78 Å².